The van der Waals surface area contributed by atoms with E-state index >= 15 is 0 Å². The van der Waals surface area contributed by atoms with E-state index in [1.54, 1.807) is 13.8 Å². The van der Waals surface area contributed by atoms with Gasteiger partial charge in [-0.25, -0.2) is 4.79 Å². The van der Waals surface area contributed by atoms with Crippen LogP contribution in [-0.4, -0.2) is 85.4 Å². The Morgan fingerprint density at radius 2 is 1.34 bits per heavy atom. The zero-order valence-electron chi connectivity index (χ0n) is 39.1. The molecule has 4 atom stereocenters. The van der Waals surface area contributed by atoms with E-state index in [4.69, 9.17) is 21.9 Å². The third-order valence-corrected chi connectivity index (χ3v) is 11.6. The number of hydrogen-bond acceptors (Lipinski definition) is 10. The molecule has 1 aliphatic rings. The molecule has 0 saturated carbocycles. The largest absolute Gasteiger partial charge is 0.449 e. The molecule has 4 aromatic rings. The van der Waals surface area contributed by atoms with Gasteiger partial charge in [0.25, 0.3) is 5.91 Å². The summed E-state index contributed by atoms with van der Waals surface area (Å²) in [4.78, 5) is 93.1. The molecule has 4 aromatic carbocycles. The van der Waals surface area contributed by atoms with Crippen molar-refractivity contribution in [3.05, 3.63) is 125 Å². The predicted octanol–water partition coefficient (Wildman–Crippen LogP) is 3.73. The number of primary amides is 1. The number of hydrogen-bond donors (Lipinski definition) is 9. The SMILES string of the molecule is CC(C)C[C@H](NC(=O)[C@@H](N)CCCCN)C(=O)NCc1cc(C(=O)N[C@H](C(=O)NCC(N)=O)C(C)C)ccc1NC(=O)[C@H](Cc1ccccc1)NC(=O)OCC1c2ccccc2-c2ccccc21. The Bertz CT molecular complexity index is 2360. The molecule has 0 unspecified atom stereocenters. The minimum Gasteiger partial charge on any atom is -0.449 e. The molecule has 17 heteroatoms. The standard InChI is InChI=1S/C51H65N9O8/c1-30(2)24-42(58-47(63)40(53)20-12-13-23-52)48(64)55-27-34-26-33(46(62)60-45(31(3)4)50(66)56-28-44(54)61)21-22-41(34)57-49(65)43(25-32-14-6-5-7-15-32)59-51(67)68-29-39-37-18-10-8-16-35(37)36-17-9-11-19-38(36)39/h5-11,14-19,21-22,26,30-31,39-40,42-43,45H,12-13,20,23-25,27-29,52-53H2,1-4H3,(H2,54,61)(H,55,64)(H,56,66)(H,57,65)(H,58,63)(H,59,67)(H,60,62)/t40-,42-,43-,45-/m0/s1. The molecule has 7 amide bonds. The first-order valence-electron chi connectivity index (χ1n) is 23.1. The summed E-state index contributed by atoms with van der Waals surface area (Å²) in [7, 11) is 0. The van der Waals surface area contributed by atoms with Gasteiger partial charge >= 0.3 is 6.09 Å². The molecule has 0 aromatic heterocycles. The fourth-order valence-electron chi connectivity index (χ4n) is 8.04. The summed E-state index contributed by atoms with van der Waals surface area (Å²) in [5, 5.41) is 16.4. The maximum Gasteiger partial charge on any atom is 0.407 e. The summed E-state index contributed by atoms with van der Waals surface area (Å²) in [6.45, 7) is 7.09. The van der Waals surface area contributed by atoms with E-state index in [9.17, 15) is 33.6 Å². The highest BCUT2D eigenvalue weighted by Crippen LogP contribution is 2.44. The number of carbonyl (C=O) groups is 7. The number of rotatable bonds is 24. The van der Waals surface area contributed by atoms with Crippen molar-refractivity contribution in [3.8, 4) is 11.1 Å². The van der Waals surface area contributed by atoms with E-state index in [2.05, 4.69) is 31.9 Å². The average Bonchev–Trinajstić information content (AvgIpc) is 3.64. The zero-order valence-corrected chi connectivity index (χ0v) is 39.1. The Morgan fingerprint density at radius 1 is 0.691 bits per heavy atom. The van der Waals surface area contributed by atoms with Crippen LogP contribution in [0.2, 0.25) is 0 Å². The molecule has 0 radical (unpaired) electrons. The summed E-state index contributed by atoms with van der Waals surface area (Å²) in [5.74, 6) is -4.26. The van der Waals surface area contributed by atoms with Crippen LogP contribution in [0.3, 0.4) is 0 Å². The number of fused-ring (bicyclic) bond motifs is 3. The molecular weight excluding hydrogens is 867 g/mol. The number of benzene rings is 4. The Hall–Kier alpha value is -7.11. The van der Waals surface area contributed by atoms with E-state index in [0.717, 1.165) is 27.8 Å². The summed E-state index contributed by atoms with van der Waals surface area (Å²) in [6, 6.07) is 25.4. The highest BCUT2D eigenvalue weighted by Gasteiger charge is 2.31. The van der Waals surface area contributed by atoms with Gasteiger partial charge in [-0.15, -0.1) is 0 Å². The number of nitrogens with one attached hydrogen (secondary N) is 6. The van der Waals surface area contributed by atoms with Gasteiger partial charge in [0.15, 0.2) is 0 Å². The Labute approximate surface area is 397 Å². The van der Waals surface area contributed by atoms with Crippen molar-refractivity contribution in [1.29, 1.82) is 0 Å². The number of alkyl carbamates (subject to hydrolysis) is 1. The van der Waals surface area contributed by atoms with Gasteiger partial charge in [-0.05, 0) is 89.2 Å². The van der Waals surface area contributed by atoms with Crippen LogP contribution in [-0.2, 0) is 41.7 Å². The fourth-order valence-corrected chi connectivity index (χ4v) is 8.04. The van der Waals surface area contributed by atoms with Crippen molar-refractivity contribution in [2.45, 2.75) is 96.4 Å². The molecule has 0 spiro atoms. The monoisotopic (exact) mass is 931 g/mol. The van der Waals surface area contributed by atoms with E-state index in [-0.39, 0.29) is 54.6 Å². The van der Waals surface area contributed by atoms with Crippen LogP contribution in [0.4, 0.5) is 10.5 Å². The zero-order chi connectivity index (χ0) is 49.3. The predicted molar refractivity (Wildman–Crippen MR) is 260 cm³/mol. The van der Waals surface area contributed by atoms with Crippen LogP contribution in [0, 0.1) is 11.8 Å². The van der Waals surface area contributed by atoms with Crippen LogP contribution in [0.5, 0.6) is 0 Å². The summed E-state index contributed by atoms with van der Waals surface area (Å²) in [6.07, 6.45) is 1.31. The van der Waals surface area contributed by atoms with Crippen molar-refractivity contribution in [2.75, 3.05) is 25.0 Å². The first kappa shape index (κ1) is 51.9. The summed E-state index contributed by atoms with van der Waals surface area (Å²) >= 11 is 0. The lowest BCUT2D eigenvalue weighted by molar-refractivity contribution is -0.130. The molecule has 362 valence electrons. The van der Waals surface area contributed by atoms with Gasteiger partial charge in [0.05, 0.1) is 12.6 Å². The second-order valence-electron chi connectivity index (χ2n) is 17.8. The maximum absolute atomic E-state index is 14.4. The highest BCUT2D eigenvalue weighted by atomic mass is 16.5. The van der Waals surface area contributed by atoms with Gasteiger partial charge in [-0.2, -0.15) is 0 Å². The quantitative estimate of drug-likeness (QED) is 0.0459. The molecule has 1 aliphatic carbocycles. The molecule has 0 saturated heterocycles. The number of amides is 7. The molecule has 5 rings (SSSR count). The lowest BCUT2D eigenvalue weighted by atomic mass is 9.98. The summed E-state index contributed by atoms with van der Waals surface area (Å²) < 4.78 is 5.83. The Morgan fingerprint density at radius 3 is 1.96 bits per heavy atom. The molecule has 68 heavy (non-hydrogen) atoms. The van der Waals surface area contributed by atoms with Crippen LogP contribution in [0.25, 0.3) is 11.1 Å². The first-order chi connectivity index (χ1) is 32.6. The number of nitrogens with two attached hydrogens (primary N) is 3. The number of unbranched alkanes of at least 4 members (excludes halogenated alkanes) is 1. The highest BCUT2D eigenvalue weighted by molar-refractivity contribution is 6.01. The molecule has 0 aliphatic heterocycles. The van der Waals surface area contributed by atoms with Crippen LogP contribution < -0.4 is 49.1 Å². The van der Waals surface area contributed by atoms with Crippen LogP contribution in [0.15, 0.2) is 97.1 Å². The van der Waals surface area contributed by atoms with Gasteiger partial charge in [0.2, 0.25) is 29.5 Å². The van der Waals surface area contributed by atoms with E-state index in [0.29, 0.717) is 25.8 Å². The molecule has 0 bridgehead atoms. The second kappa shape index (κ2) is 25.1. The summed E-state index contributed by atoms with van der Waals surface area (Å²) in [5.41, 5.74) is 22.5. The maximum atomic E-state index is 14.4. The molecule has 12 N–H and O–H groups in total. The van der Waals surface area contributed by atoms with Gasteiger partial charge in [-0.3, -0.25) is 28.8 Å². The van der Waals surface area contributed by atoms with Crippen molar-refractivity contribution >= 4 is 47.2 Å². The second-order valence-corrected chi connectivity index (χ2v) is 17.8. The Balaban J connectivity index is 1.39. The minimum absolute atomic E-state index is 0.000913. The van der Waals surface area contributed by atoms with E-state index in [1.165, 1.54) is 18.2 Å². The van der Waals surface area contributed by atoms with Crippen molar-refractivity contribution < 1.29 is 38.3 Å². The third kappa shape index (κ3) is 14.7. The van der Waals surface area contributed by atoms with Crippen molar-refractivity contribution in [3.63, 3.8) is 0 Å². The van der Waals surface area contributed by atoms with Crippen LogP contribution >= 0.6 is 0 Å². The minimum atomic E-state index is -1.15. The Kier molecular flexibility index (Phi) is 19.2. The normalized spacial score (nSPS) is 13.5. The van der Waals surface area contributed by atoms with Crippen molar-refractivity contribution in [1.82, 2.24) is 26.6 Å². The fraction of sp³-hybridized carbons (Fsp3) is 0.392. The van der Waals surface area contributed by atoms with Crippen molar-refractivity contribution in [2.24, 2.45) is 29.0 Å². The number of ether oxygens (including phenoxy) is 1. The van der Waals surface area contributed by atoms with Gasteiger partial charge < -0.3 is 53.8 Å². The first-order valence-corrected chi connectivity index (χ1v) is 23.1. The average molecular weight is 932 g/mol. The van der Waals surface area contributed by atoms with E-state index in [1.807, 2.05) is 92.7 Å². The lowest BCUT2D eigenvalue weighted by Gasteiger charge is -2.24. The number of anilines is 1. The molecule has 0 heterocycles. The van der Waals surface area contributed by atoms with E-state index < -0.39 is 78.2 Å². The molecule has 17 nitrogen and oxygen atoms in total. The topological polar surface area (TPSA) is 279 Å². The van der Waals surface area contributed by atoms with Gasteiger partial charge in [0.1, 0.15) is 24.7 Å². The molecular formula is C51H65N9O8. The smallest absolute Gasteiger partial charge is 0.407 e. The van der Waals surface area contributed by atoms with Gasteiger partial charge in [0, 0.05) is 30.1 Å². The third-order valence-electron chi connectivity index (χ3n) is 11.6. The number of carbonyl (C=O) groups excluding carboxylic acids is 7. The van der Waals surface area contributed by atoms with Gasteiger partial charge in [-0.1, -0.05) is 113 Å². The lowest BCUT2D eigenvalue weighted by Crippen LogP contribution is -2.52. The van der Waals surface area contributed by atoms with Crippen LogP contribution in [0.1, 0.15) is 91.9 Å². The molecule has 0 fully saturated rings.